The number of hydrogen-bond donors (Lipinski definition) is 0. The first-order valence-electron chi connectivity index (χ1n) is 13.4. The minimum absolute atomic E-state index is 0.916. The molecular formula is C30H45N. The fraction of sp³-hybridized carbons (Fsp3) is 0.700. The highest BCUT2D eigenvalue weighted by atomic mass is 14.4. The highest BCUT2D eigenvalue weighted by molar-refractivity contribution is 5.22. The second-order valence-electron chi connectivity index (χ2n) is 10.5. The molecule has 31 heavy (non-hydrogen) atoms. The van der Waals surface area contributed by atoms with Crippen molar-refractivity contribution in [1.29, 1.82) is 5.26 Å². The van der Waals surface area contributed by atoms with Crippen molar-refractivity contribution in [3.8, 4) is 6.07 Å². The lowest BCUT2D eigenvalue weighted by molar-refractivity contribution is 0.140. The Bertz CT molecular complexity index is 663. The zero-order chi connectivity index (χ0) is 21.7. The maximum Gasteiger partial charge on any atom is 0.0908 e. The third-order valence-corrected chi connectivity index (χ3v) is 8.27. The van der Waals surface area contributed by atoms with Gasteiger partial charge in [-0.15, -0.1) is 0 Å². The van der Waals surface area contributed by atoms with Crippen LogP contribution in [0.3, 0.4) is 0 Å². The topological polar surface area (TPSA) is 23.8 Å². The molecule has 0 atom stereocenters. The summed E-state index contributed by atoms with van der Waals surface area (Å²) in [6.45, 7) is 2.26. The lowest BCUT2D eigenvalue weighted by atomic mass is 9.68. The number of nitriles is 1. The molecule has 0 radical (unpaired) electrons. The molecule has 0 amide bonds. The first-order valence-corrected chi connectivity index (χ1v) is 13.4. The average Bonchev–Trinajstić information content (AvgIpc) is 2.82. The number of aryl methyl sites for hydroxylation is 2. The summed E-state index contributed by atoms with van der Waals surface area (Å²) in [7, 11) is 0. The number of rotatable bonds is 11. The second kappa shape index (κ2) is 13.8. The van der Waals surface area contributed by atoms with Gasteiger partial charge in [0.15, 0.2) is 0 Å². The molecule has 0 spiro atoms. The molecule has 2 aliphatic rings. The molecule has 2 fully saturated rings. The third-order valence-electron chi connectivity index (χ3n) is 8.27. The molecule has 0 N–H and O–H groups in total. The van der Waals surface area contributed by atoms with Gasteiger partial charge in [-0.3, -0.25) is 0 Å². The highest BCUT2D eigenvalue weighted by Crippen LogP contribution is 2.43. The zero-order valence-electron chi connectivity index (χ0n) is 20.0. The van der Waals surface area contributed by atoms with E-state index >= 15 is 0 Å². The van der Waals surface area contributed by atoms with E-state index < -0.39 is 0 Å². The molecule has 2 aliphatic carbocycles. The Morgan fingerprint density at radius 2 is 1.32 bits per heavy atom. The van der Waals surface area contributed by atoms with Crippen LogP contribution in [-0.2, 0) is 12.8 Å². The third kappa shape index (κ3) is 8.48. The van der Waals surface area contributed by atoms with Crippen molar-refractivity contribution in [1.82, 2.24) is 0 Å². The van der Waals surface area contributed by atoms with E-state index in [9.17, 15) is 0 Å². The van der Waals surface area contributed by atoms with Crippen molar-refractivity contribution in [2.24, 2.45) is 23.7 Å². The molecule has 0 heterocycles. The number of benzene rings is 1. The Hall–Kier alpha value is -1.55. The highest BCUT2D eigenvalue weighted by Gasteiger charge is 2.30. The molecule has 1 heteroatoms. The molecule has 0 bridgehead atoms. The van der Waals surface area contributed by atoms with E-state index in [0.717, 1.165) is 30.1 Å². The number of hydrogen-bond acceptors (Lipinski definition) is 1. The van der Waals surface area contributed by atoms with Crippen molar-refractivity contribution >= 4 is 0 Å². The Kier molecular flexibility index (Phi) is 10.7. The minimum atomic E-state index is 0.916. The first kappa shape index (κ1) is 24.1. The van der Waals surface area contributed by atoms with Gasteiger partial charge >= 0.3 is 0 Å². The first-order chi connectivity index (χ1) is 15.3. The van der Waals surface area contributed by atoms with Crippen LogP contribution in [0.25, 0.3) is 0 Å². The van der Waals surface area contributed by atoms with Gasteiger partial charge in [0.25, 0.3) is 0 Å². The molecule has 0 aliphatic heterocycles. The van der Waals surface area contributed by atoms with Gasteiger partial charge in [-0.2, -0.15) is 5.26 Å². The molecule has 2 saturated carbocycles. The van der Waals surface area contributed by atoms with Crippen LogP contribution < -0.4 is 0 Å². The molecule has 0 aromatic heterocycles. The average molecular weight is 420 g/mol. The lowest BCUT2D eigenvalue weighted by Crippen LogP contribution is -2.25. The standard InChI is InChI=1S/C30H45N/c1-2-8-25-12-14-26(15-13-25)10-5-6-11-28-18-22-30(23-19-28)29-20-16-27(17-21-29)9-4-3-7-24-31/h3,7,12-15,27-30H,2,4-6,8-11,16-23H2,1H3/b7-3+/t27?,28-,29?,30-. The van der Waals surface area contributed by atoms with Crippen LogP contribution in [0.2, 0.25) is 0 Å². The van der Waals surface area contributed by atoms with Crippen LogP contribution in [-0.4, -0.2) is 0 Å². The Morgan fingerprint density at radius 1 is 0.774 bits per heavy atom. The maximum absolute atomic E-state index is 8.60. The van der Waals surface area contributed by atoms with E-state index in [4.69, 9.17) is 5.26 Å². The molecular weight excluding hydrogens is 374 g/mol. The van der Waals surface area contributed by atoms with E-state index in [1.54, 1.807) is 6.08 Å². The van der Waals surface area contributed by atoms with E-state index in [-0.39, 0.29) is 0 Å². The summed E-state index contributed by atoms with van der Waals surface area (Å²) in [6.07, 6.45) is 25.9. The SMILES string of the molecule is CCCc1ccc(CCCC[C@H]2CC[C@H](C3CCC(CC/C=C/C#N)CC3)CC2)cc1. The zero-order valence-corrected chi connectivity index (χ0v) is 20.0. The van der Waals surface area contributed by atoms with Crippen LogP contribution in [0.5, 0.6) is 0 Å². The van der Waals surface area contributed by atoms with Gasteiger partial charge in [-0.1, -0.05) is 82.2 Å². The smallest absolute Gasteiger partial charge is 0.0908 e. The van der Waals surface area contributed by atoms with Gasteiger partial charge in [-0.05, 0) is 92.6 Å². The largest absolute Gasteiger partial charge is 0.193 e. The van der Waals surface area contributed by atoms with E-state index in [1.165, 1.54) is 107 Å². The Labute approximate surface area is 192 Å². The molecule has 0 unspecified atom stereocenters. The van der Waals surface area contributed by atoms with Gasteiger partial charge in [0, 0.05) is 6.08 Å². The van der Waals surface area contributed by atoms with Crippen molar-refractivity contribution < 1.29 is 0 Å². The normalized spacial score (nSPS) is 26.7. The Balaban J connectivity index is 1.25. The number of allylic oxidation sites excluding steroid dienone is 2. The summed E-state index contributed by atoms with van der Waals surface area (Å²) in [4.78, 5) is 0. The van der Waals surface area contributed by atoms with Crippen LogP contribution in [0.15, 0.2) is 36.4 Å². The van der Waals surface area contributed by atoms with E-state index in [2.05, 4.69) is 43.3 Å². The molecule has 0 saturated heterocycles. The van der Waals surface area contributed by atoms with Crippen molar-refractivity contribution in [2.75, 3.05) is 0 Å². The van der Waals surface area contributed by atoms with Crippen LogP contribution in [0.4, 0.5) is 0 Å². The summed E-state index contributed by atoms with van der Waals surface area (Å²) < 4.78 is 0. The molecule has 170 valence electrons. The second-order valence-corrected chi connectivity index (χ2v) is 10.5. The van der Waals surface area contributed by atoms with Crippen molar-refractivity contribution in [3.05, 3.63) is 47.5 Å². The van der Waals surface area contributed by atoms with Gasteiger partial charge in [0.05, 0.1) is 6.07 Å². The van der Waals surface area contributed by atoms with Crippen molar-refractivity contribution in [3.63, 3.8) is 0 Å². The fourth-order valence-electron chi connectivity index (χ4n) is 6.29. The summed E-state index contributed by atoms with van der Waals surface area (Å²) in [5.41, 5.74) is 3.02. The fourth-order valence-corrected chi connectivity index (χ4v) is 6.29. The van der Waals surface area contributed by atoms with Gasteiger partial charge in [-0.25, -0.2) is 0 Å². The van der Waals surface area contributed by atoms with Crippen molar-refractivity contribution in [2.45, 2.75) is 110 Å². The minimum Gasteiger partial charge on any atom is -0.193 e. The van der Waals surface area contributed by atoms with Gasteiger partial charge < -0.3 is 0 Å². The molecule has 1 aromatic rings. The number of nitrogens with zero attached hydrogens (tertiary/aromatic N) is 1. The monoisotopic (exact) mass is 419 g/mol. The Morgan fingerprint density at radius 3 is 1.87 bits per heavy atom. The molecule has 3 rings (SSSR count). The maximum atomic E-state index is 8.60. The predicted octanol–water partition coefficient (Wildman–Crippen LogP) is 8.82. The van der Waals surface area contributed by atoms with Gasteiger partial charge in [0.2, 0.25) is 0 Å². The summed E-state index contributed by atoms with van der Waals surface area (Å²) >= 11 is 0. The van der Waals surface area contributed by atoms with Crippen LogP contribution in [0, 0.1) is 35.0 Å². The summed E-state index contributed by atoms with van der Waals surface area (Å²) in [5, 5.41) is 8.60. The van der Waals surface area contributed by atoms with E-state index in [0.29, 0.717) is 0 Å². The summed E-state index contributed by atoms with van der Waals surface area (Å²) in [5.74, 6) is 3.96. The number of unbranched alkanes of at least 4 members (excludes halogenated alkanes) is 1. The molecule has 1 nitrogen and oxygen atoms in total. The van der Waals surface area contributed by atoms with Crippen LogP contribution in [0.1, 0.15) is 108 Å². The lowest BCUT2D eigenvalue weighted by Gasteiger charge is -2.38. The van der Waals surface area contributed by atoms with Crippen LogP contribution >= 0.6 is 0 Å². The summed E-state index contributed by atoms with van der Waals surface area (Å²) in [6, 6.07) is 11.5. The molecule has 1 aromatic carbocycles. The quantitative estimate of drug-likeness (QED) is 0.259. The van der Waals surface area contributed by atoms with E-state index in [1.807, 2.05) is 0 Å². The van der Waals surface area contributed by atoms with Gasteiger partial charge in [0.1, 0.15) is 0 Å². The predicted molar refractivity (Wildman–Crippen MR) is 133 cm³/mol.